The van der Waals surface area contributed by atoms with Gasteiger partial charge in [0.05, 0.1) is 0 Å². The Balaban J connectivity index is 1.88. The molecule has 0 radical (unpaired) electrons. The molecule has 4 heteroatoms. The van der Waals surface area contributed by atoms with Gasteiger partial charge in [-0.3, -0.25) is 0 Å². The van der Waals surface area contributed by atoms with Crippen molar-refractivity contribution in [2.45, 2.75) is 19.0 Å². The molecule has 1 aromatic heterocycles. The van der Waals surface area contributed by atoms with Crippen LogP contribution in [0.4, 0.5) is 8.78 Å². The van der Waals surface area contributed by atoms with Gasteiger partial charge < -0.3 is 9.73 Å². The fourth-order valence-electron chi connectivity index (χ4n) is 2.54. The minimum Gasteiger partial charge on any atom is -0.458 e. The van der Waals surface area contributed by atoms with Gasteiger partial charge in [-0.2, -0.15) is 0 Å². The number of halogens is 2. The molecule has 1 aromatic carbocycles. The van der Waals surface area contributed by atoms with Crippen molar-refractivity contribution in [3.05, 3.63) is 35.8 Å². The molecular formula is C14H15F2NO. The van der Waals surface area contributed by atoms with Crippen LogP contribution in [0.25, 0.3) is 11.0 Å². The van der Waals surface area contributed by atoms with Crippen LogP contribution in [0.1, 0.15) is 24.8 Å². The zero-order valence-electron chi connectivity index (χ0n) is 9.96. The van der Waals surface area contributed by atoms with E-state index in [1.54, 1.807) is 12.1 Å². The van der Waals surface area contributed by atoms with Gasteiger partial charge in [-0.15, -0.1) is 0 Å². The third-order valence-corrected chi connectivity index (χ3v) is 3.57. The van der Waals surface area contributed by atoms with E-state index in [0.29, 0.717) is 16.7 Å². The molecule has 1 unspecified atom stereocenters. The average molecular weight is 251 g/mol. The maximum atomic E-state index is 14.3. The molecule has 0 amide bonds. The molecule has 1 N–H and O–H groups in total. The lowest BCUT2D eigenvalue weighted by Crippen LogP contribution is -2.29. The monoisotopic (exact) mass is 251 g/mol. The lowest BCUT2D eigenvalue weighted by molar-refractivity contribution is 0.166. The molecule has 18 heavy (non-hydrogen) atoms. The molecule has 2 aromatic rings. The summed E-state index contributed by atoms with van der Waals surface area (Å²) < 4.78 is 32.9. The summed E-state index contributed by atoms with van der Waals surface area (Å²) in [7, 11) is 0. The predicted octanol–water partition coefficient (Wildman–Crippen LogP) is 3.58. The summed E-state index contributed by atoms with van der Waals surface area (Å²) in [6.45, 7) is 1.69. The van der Waals surface area contributed by atoms with Gasteiger partial charge in [-0.25, -0.2) is 8.78 Å². The first-order valence-corrected chi connectivity index (χ1v) is 6.28. The van der Waals surface area contributed by atoms with Crippen LogP contribution in [-0.4, -0.2) is 13.1 Å². The number of alkyl halides is 1. The predicted molar refractivity (Wildman–Crippen MR) is 65.6 cm³/mol. The van der Waals surface area contributed by atoms with E-state index in [9.17, 15) is 8.78 Å². The van der Waals surface area contributed by atoms with Crippen molar-refractivity contribution < 1.29 is 13.2 Å². The van der Waals surface area contributed by atoms with Crippen LogP contribution < -0.4 is 5.32 Å². The lowest BCUT2D eigenvalue weighted by Gasteiger charge is -2.24. The van der Waals surface area contributed by atoms with Crippen molar-refractivity contribution in [3.63, 3.8) is 0 Å². The first kappa shape index (κ1) is 11.7. The Hall–Kier alpha value is -1.42. The number of nitrogens with one attached hydrogen (secondary N) is 1. The van der Waals surface area contributed by atoms with Crippen LogP contribution in [0.5, 0.6) is 0 Å². The molecule has 2 heterocycles. The van der Waals surface area contributed by atoms with E-state index in [1.807, 2.05) is 0 Å². The maximum Gasteiger partial charge on any atom is 0.160 e. The average Bonchev–Trinajstić information content (AvgIpc) is 2.81. The highest BCUT2D eigenvalue weighted by atomic mass is 19.1. The van der Waals surface area contributed by atoms with E-state index in [1.165, 1.54) is 12.1 Å². The molecule has 1 atom stereocenters. The van der Waals surface area contributed by atoms with Gasteiger partial charge in [0, 0.05) is 5.39 Å². The highest BCUT2D eigenvalue weighted by molar-refractivity contribution is 5.77. The zero-order chi connectivity index (χ0) is 12.5. The molecule has 1 fully saturated rings. The van der Waals surface area contributed by atoms with Gasteiger partial charge in [0.2, 0.25) is 0 Å². The Morgan fingerprint density at radius 2 is 2.00 bits per heavy atom. The second-order valence-electron chi connectivity index (χ2n) is 4.82. The van der Waals surface area contributed by atoms with Gasteiger partial charge in [0.25, 0.3) is 0 Å². The van der Waals surface area contributed by atoms with Gasteiger partial charge in [0.15, 0.2) is 6.17 Å². The molecular weight excluding hydrogens is 236 g/mol. The molecule has 0 aliphatic carbocycles. The van der Waals surface area contributed by atoms with Crippen LogP contribution in [0.3, 0.4) is 0 Å². The summed E-state index contributed by atoms with van der Waals surface area (Å²) in [5.74, 6) is -0.00807. The molecule has 2 nitrogen and oxygen atoms in total. The van der Waals surface area contributed by atoms with Crippen molar-refractivity contribution in [1.29, 1.82) is 0 Å². The fraction of sp³-hybridized carbons (Fsp3) is 0.429. The quantitative estimate of drug-likeness (QED) is 0.882. The summed E-state index contributed by atoms with van der Waals surface area (Å²) in [6, 6.07) is 5.86. The second kappa shape index (κ2) is 4.69. The largest absolute Gasteiger partial charge is 0.458 e. The SMILES string of the molecule is Fc1ccc2oc(C(F)C3CCNCC3)cc2c1. The van der Waals surface area contributed by atoms with Crippen LogP contribution in [0, 0.1) is 11.7 Å². The number of fused-ring (bicyclic) bond motifs is 1. The van der Waals surface area contributed by atoms with Crippen molar-refractivity contribution in [1.82, 2.24) is 5.32 Å². The third-order valence-electron chi connectivity index (χ3n) is 3.57. The molecule has 0 spiro atoms. The smallest absolute Gasteiger partial charge is 0.160 e. The summed E-state index contributed by atoms with van der Waals surface area (Å²) >= 11 is 0. The Morgan fingerprint density at radius 3 is 2.78 bits per heavy atom. The maximum absolute atomic E-state index is 14.3. The molecule has 96 valence electrons. The highest BCUT2D eigenvalue weighted by Gasteiger charge is 2.27. The Labute approximate surface area is 104 Å². The summed E-state index contributed by atoms with van der Waals surface area (Å²) in [4.78, 5) is 0. The van der Waals surface area contributed by atoms with Gasteiger partial charge in [-0.05, 0) is 56.1 Å². The second-order valence-corrected chi connectivity index (χ2v) is 4.82. The standard InChI is InChI=1S/C14H15F2NO/c15-11-1-2-12-10(7-11)8-13(18-12)14(16)9-3-5-17-6-4-9/h1-2,7-9,14,17H,3-6H2. The van der Waals surface area contributed by atoms with Crippen molar-refractivity contribution in [2.75, 3.05) is 13.1 Å². The molecule has 1 saturated heterocycles. The van der Waals surface area contributed by atoms with E-state index in [0.717, 1.165) is 25.9 Å². The summed E-state index contributed by atoms with van der Waals surface area (Å²) in [5.41, 5.74) is 0.544. The van der Waals surface area contributed by atoms with Crippen LogP contribution >= 0.6 is 0 Å². The van der Waals surface area contributed by atoms with Crippen LogP contribution in [-0.2, 0) is 0 Å². The van der Waals surface area contributed by atoms with E-state index < -0.39 is 6.17 Å². The van der Waals surface area contributed by atoms with Gasteiger partial charge in [0.1, 0.15) is 17.2 Å². The summed E-state index contributed by atoms with van der Waals surface area (Å²) in [5, 5.41) is 3.83. The van der Waals surface area contributed by atoms with E-state index in [-0.39, 0.29) is 11.7 Å². The highest BCUT2D eigenvalue weighted by Crippen LogP contribution is 2.35. The van der Waals surface area contributed by atoms with Crippen molar-refractivity contribution in [2.24, 2.45) is 5.92 Å². The number of benzene rings is 1. The van der Waals surface area contributed by atoms with Gasteiger partial charge in [-0.1, -0.05) is 0 Å². The molecule has 1 aliphatic heterocycles. The van der Waals surface area contributed by atoms with E-state index >= 15 is 0 Å². The number of furan rings is 1. The number of hydrogen-bond donors (Lipinski definition) is 1. The van der Waals surface area contributed by atoms with Gasteiger partial charge >= 0.3 is 0 Å². The number of piperidine rings is 1. The minimum atomic E-state index is -1.09. The molecule has 3 rings (SSSR count). The first-order valence-electron chi connectivity index (χ1n) is 6.28. The molecule has 1 aliphatic rings. The Morgan fingerprint density at radius 1 is 1.22 bits per heavy atom. The van der Waals surface area contributed by atoms with Crippen molar-refractivity contribution >= 4 is 11.0 Å². The van der Waals surface area contributed by atoms with E-state index in [4.69, 9.17) is 4.42 Å². The Bertz CT molecular complexity index is 546. The molecule has 0 bridgehead atoms. The third kappa shape index (κ3) is 2.12. The van der Waals surface area contributed by atoms with E-state index in [2.05, 4.69) is 5.32 Å². The van der Waals surface area contributed by atoms with Crippen molar-refractivity contribution in [3.8, 4) is 0 Å². The fourth-order valence-corrected chi connectivity index (χ4v) is 2.54. The number of hydrogen-bond acceptors (Lipinski definition) is 2. The van der Waals surface area contributed by atoms with Crippen LogP contribution in [0.15, 0.2) is 28.7 Å². The zero-order valence-corrected chi connectivity index (χ0v) is 9.96. The number of rotatable bonds is 2. The van der Waals surface area contributed by atoms with Crippen LogP contribution in [0.2, 0.25) is 0 Å². The normalized spacial score (nSPS) is 19.2. The topological polar surface area (TPSA) is 25.2 Å². The lowest BCUT2D eigenvalue weighted by atomic mass is 9.92. The first-order chi connectivity index (χ1) is 8.74. The molecule has 0 saturated carbocycles. The Kier molecular flexibility index (Phi) is 3.04. The minimum absolute atomic E-state index is 0.00309. The summed E-state index contributed by atoms with van der Waals surface area (Å²) in [6.07, 6.45) is 0.529.